The maximum atomic E-state index is 12.0. The molecule has 0 aliphatic carbocycles. The number of aromatic nitrogens is 2. The van der Waals surface area contributed by atoms with Crippen LogP contribution in [0, 0.1) is 0 Å². The Hall–Kier alpha value is -3.25. The molecule has 0 radical (unpaired) electrons. The summed E-state index contributed by atoms with van der Waals surface area (Å²) in [7, 11) is 0. The number of imidazole rings is 1. The van der Waals surface area contributed by atoms with E-state index in [1.165, 1.54) is 0 Å². The monoisotopic (exact) mass is 334 g/mol. The van der Waals surface area contributed by atoms with Crippen LogP contribution in [-0.2, 0) is 4.79 Å². The minimum Gasteiger partial charge on any atom is -0.378 e. The summed E-state index contributed by atoms with van der Waals surface area (Å²) >= 11 is 0. The molecule has 0 bridgehead atoms. The molecule has 0 saturated heterocycles. The van der Waals surface area contributed by atoms with Crippen LogP contribution in [-0.4, -0.2) is 26.3 Å². The van der Waals surface area contributed by atoms with Gasteiger partial charge in [0.05, 0.1) is 12.0 Å². The van der Waals surface area contributed by atoms with Gasteiger partial charge in [-0.2, -0.15) is 5.10 Å². The third-order valence-electron chi connectivity index (χ3n) is 3.79. The van der Waals surface area contributed by atoms with Gasteiger partial charge < -0.3 is 9.67 Å². The Morgan fingerprint density at radius 3 is 2.52 bits per heavy atom. The third kappa shape index (κ3) is 3.99. The van der Waals surface area contributed by atoms with Crippen LogP contribution in [0.2, 0.25) is 0 Å². The number of carbonyl (C=O) groups is 1. The summed E-state index contributed by atoms with van der Waals surface area (Å²) in [5.74, 6) is -0.569. The molecule has 126 valence electrons. The zero-order valence-corrected chi connectivity index (χ0v) is 13.7. The van der Waals surface area contributed by atoms with Crippen LogP contribution in [0.1, 0.15) is 24.2 Å². The smallest absolute Gasteiger partial charge is 0.273 e. The van der Waals surface area contributed by atoms with E-state index in [0.717, 1.165) is 11.3 Å². The van der Waals surface area contributed by atoms with Crippen LogP contribution in [0.4, 0.5) is 0 Å². The molecule has 0 unspecified atom stereocenters. The van der Waals surface area contributed by atoms with Crippen molar-refractivity contribution in [3.8, 4) is 5.69 Å². The maximum Gasteiger partial charge on any atom is 0.273 e. The van der Waals surface area contributed by atoms with Crippen molar-refractivity contribution in [3.05, 3.63) is 84.4 Å². The van der Waals surface area contributed by atoms with Crippen molar-refractivity contribution in [2.75, 3.05) is 0 Å². The maximum absolute atomic E-state index is 12.0. The molecule has 1 heterocycles. The summed E-state index contributed by atoms with van der Waals surface area (Å²) in [6.07, 6.45) is 4.05. The molecule has 0 aliphatic rings. The molecular weight excluding hydrogens is 316 g/mol. The van der Waals surface area contributed by atoms with E-state index in [9.17, 15) is 9.90 Å². The van der Waals surface area contributed by atoms with Crippen LogP contribution in [0.5, 0.6) is 0 Å². The Kier molecular flexibility index (Phi) is 5.01. The highest BCUT2D eigenvalue weighted by Crippen LogP contribution is 2.12. The average Bonchev–Trinajstić information content (AvgIpc) is 3.21. The van der Waals surface area contributed by atoms with E-state index >= 15 is 0 Å². The normalized spacial score (nSPS) is 12.6. The van der Waals surface area contributed by atoms with E-state index in [1.807, 2.05) is 41.1 Å². The Morgan fingerprint density at radius 2 is 1.88 bits per heavy atom. The van der Waals surface area contributed by atoms with Gasteiger partial charge in [-0.15, -0.1) is 0 Å². The van der Waals surface area contributed by atoms with Gasteiger partial charge in [-0.3, -0.25) is 4.79 Å². The Bertz CT molecular complexity index is 856. The van der Waals surface area contributed by atoms with E-state index in [1.54, 1.807) is 43.7 Å². The van der Waals surface area contributed by atoms with Crippen molar-refractivity contribution in [2.24, 2.45) is 5.10 Å². The zero-order chi connectivity index (χ0) is 17.6. The van der Waals surface area contributed by atoms with Gasteiger partial charge in [-0.1, -0.05) is 42.5 Å². The molecule has 1 aromatic heterocycles. The molecule has 1 atom stereocenters. The first-order valence-corrected chi connectivity index (χ1v) is 7.81. The lowest BCUT2D eigenvalue weighted by atomic mass is 10.1. The number of rotatable bonds is 5. The van der Waals surface area contributed by atoms with Crippen LogP contribution in [0.3, 0.4) is 0 Å². The topological polar surface area (TPSA) is 79.5 Å². The minimum absolute atomic E-state index is 0.525. The summed E-state index contributed by atoms with van der Waals surface area (Å²) in [4.78, 5) is 16.0. The first kappa shape index (κ1) is 16.6. The van der Waals surface area contributed by atoms with Gasteiger partial charge in [-0.05, 0) is 30.2 Å². The first-order valence-electron chi connectivity index (χ1n) is 7.81. The standard InChI is InChI=1S/C19H18N4O2/c1-14(15-7-9-17(10-8-15)23-12-11-20-13-23)21-22-19(25)18(24)16-5-3-2-4-6-16/h2-13,18,24H,1H3,(H,22,25)/b21-14-/t18-/m0/s1. The highest BCUT2D eigenvalue weighted by atomic mass is 16.3. The van der Waals surface area contributed by atoms with E-state index in [2.05, 4.69) is 15.5 Å². The fraction of sp³-hybridized carbons (Fsp3) is 0.105. The number of benzene rings is 2. The predicted molar refractivity (Wildman–Crippen MR) is 95.3 cm³/mol. The van der Waals surface area contributed by atoms with Crippen molar-refractivity contribution in [2.45, 2.75) is 13.0 Å². The van der Waals surface area contributed by atoms with E-state index in [0.29, 0.717) is 11.3 Å². The average molecular weight is 334 g/mol. The number of carbonyl (C=O) groups excluding carboxylic acids is 1. The molecule has 2 N–H and O–H groups in total. The van der Waals surface area contributed by atoms with Crippen LogP contribution in [0.25, 0.3) is 5.69 Å². The Labute approximate surface area is 145 Å². The molecule has 6 heteroatoms. The molecule has 0 spiro atoms. The summed E-state index contributed by atoms with van der Waals surface area (Å²) < 4.78 is 1.90. The van der Waals surface area contributed by atoms with Crippen molar-refractivity contribution >= 4 is 11.6 Å². The SMILES string of the molecule is C/C(=N/NC(=O)[C@@H](O)c1ccccc1)c1ccc(-n2ccnc2)cc1. The molecule has 1 amide bonds. The van der Waals surface area contributed by atoms with Gasteiger partial charge in [-0.25, -0.2) is 10.4 Å². The van der Waals surface area contributed by atoms with E-state index in [-0.39, 0.29) is 0 Å². The molecule has 0 saturated carbocycles. The highest BCUT2D eigenvalue weighted by molar-refractivity contribution is 5.99. The predicted octanol–water partition coefficient (Wildman–Crippen LogP) is 2.45. The van der Waals surface area contributed by atoms with Gasteiger partial charge in [0.25, 0.3) is 5.91 Å². The number of amides is 1. The summed E-state index contributed by atoms with van der Waals surface area (Å²) in [6.45, 7) is 1.79. The third-order valence-corrected chi connectivity index (χ3v) is 3.79. The zero-order valence-electron chi connectivity index (χ0n) is 13.7. The van der Waals surface area contributed by atoms with Gasteiger partial charge in [0.15, 0.2) is 6.10 Å². The highest BCUT2D eigenvalue weighted by Gasteiger charge is 2.16. The van der Waals surface area contributed by atoms with Gasteiger partial charge in [0.2, 0.25) is 0 Å². The van der Waals surface area contributed by atoms with Crippen molar-refractivity contribution < 1.29 is 9.90 Å². The fourth-order valence-corrected chi connectivity index (χ4v) is 2.34. The quantitative estimate of drug-likeness (QED) is 0.555. The second-order valence-corrected chi connectivity index (χ2v) is 5.50. The Balaban J connectivity index is 1.66. The second-order valence-electron chi connectivity index (χ2n) is 5.50. The minimum atomic E-state index is -1.25. The summed E-state index contributed by atoms with van der Waals surface area (Å²) in [5, 5.41) is 14.1. The Morgan fingerprint density at radius 1 is 1.16 bits per heavy atom. The molecule has 3 rings (SSSR count). The molecule has 6 nitrogen and oxygen atoms in total. The number of hydrogen-bond donors (Lipinski definition) is 2. The van der Waals surface area contributed by atoms with Gasteiger partial charge in [0, 0.05) is 18.1 Å². The first-order chi connectivity index (χ1) is 12.1. The molecule has 0 aliphatic heterocycles. The lowest BCUT2D eigenvalue weighted by Gasteiger charge is -2.10. The van der Waals surface area contributed by atoms with E-state index in [4.69, 9.17) is 0 Å². The van der Waals surface area contributed by atoms with Crippen LogP contribution >= 0.6 is 0 Å². The summed E-state index contributed by atoms with van der Waals surface area (Å²) in [6, 6.07) is 16.4. The van der Waals surface area contributed by atoms with Crippen molar-refractivity contribution in [1.82, 2.24) is 15.0 Å². The van der Waals surface area contributed by atoms with Gasteiger partial charge in [0.1, 0.15) is 0 Å². The summed E-state index contributed by atoms with van der Waals surface area (Å²) in [5.41, 5.74) is 5.43. The molecule has 0 fully saturated rings. The number of aliphatic hydroxyl groups is 1. The molecule has 25 heavy (non-hydrogen) atoms. The molecule has 2 aromatic carbocycles. The lowest BCUT2D eigenvalue weighted by molar-refractivity contribution is -0.129. The molecular formula is C19H18N4O2. The number of hydrazone groups is 1. The van der Waals surface area contributed by atoms with Crippen LogP contribution in [0.15, 0.2) is 78.4 Å². The number of nitrogens with one attached hydrogen (secondary N) is 1. The van der Waals surface area contributed by atoms with Crippen molar-refractivity contribution in [3.63, 3.8) is 0 Å². The van der Waals surface area contributed by atoms with Crippen LogP contribution < -0.4 is 5.43 Å². The number of nitrogens with zero attached hydrogens (tertiary/aromatic N) is 3. The largest absolute Gasteiger partial charge is 0.378 e. The van der Waals surface area contributed by atoms with Gasteiger partial charge >= 0.3 is 0 Å². The second kappa shape index (κ2) is 7.55. The fourth-order valence-electron chi connectivity index (χ4n) is 2.34. The molecule has 3 aromatic rings. The van der Waals surface area contributed by atoms with E-state index < -0.39 is 12.0 Å². The number of hydrogen-bond acceptors (Lipinski definition) is 4. The lowest BCUT2D eigenvalue weighted by Crippen LogP contribution is -2.26. The number of aliphatic hydroxyl groups excluding tert-OH is 1. The van der Waals surface area contributed by atoms with Crippen molar-refractivity contribution in [1.29, 1.82) is 0 Å².